The molecule has 1 spiro atoms. The molecule has 10 heteroatoms. The van der Waals surface area contributed by atoms with Crippen molar-refractivity contribution >= 4 is 29.3 Å². The van der Waals surface area contributed by atoms with Crippen LogP contribution in [0.2, 0.25) is 0 Å². The molecule has 33 heavy (non-hydrogen) atoms. The third-order valence-corrected chi connectivity index (χ3v) is 8.37. The van der Waals surface area contributed by atoms with Crippen LogP contribution in [0.5, 0.6) is 11.5 Å². The van der Waals surface area contributed by atoms with Gasteiger partial charge < -0.3 is 29.1 Å². The quantitative estimate of drug-likeness (QED) is 0.638. The molecule has 0 aromatic heterocycles. The van der Waals surface area contributed by atoms with Crippen LogP contribution in [0, 0.1) is 11.8 Å². The smallest absolute Gasteiger partial charge is 0.329 e. The molecular weight excluding hydrogens is 432 g/mol. The molecule has 3 saturated heterocycles. The van der Waals surface area contributed by atoms with Gasteiger partial charge in [-0.25, -0.2) is 4.79 Å². The lowest BCUT2D eigenvalue weighted by molar-refractivity contribution is -0.188. The zero-order valence-electron chi connectivity index (χ0n) is 18.3. The first-order chi connectivity index (χ1) is 15.8. The number of carbonyl (C=O) groups is 4. The first-order valence-electron chi connectivity index (χ1n) is 11.1. The number of carboxylic acids is 1. The summed E-state index contributed by atoms with van der Waals surface area (Å²) < 4.78 is 16.7. The maximum absolute atomic E-state index is 13.4. The summed E-state index contributed by atoms with van der Waals surface area (Å²) in [4.78, 5) is 54.2. The van der Waals surface area contributed by atoms with Crippen LogP contribution in [0.3, 0.4) is 0 Å². The second-order valence-electron chi connectivity index (χ2n) is 9.51. The van der Waals surface area contributed by atoms with Crippen molar-refractivity contribution in [3.05, 3.63) is 17.7 Å². The zero-order chi connectivity index (χ0) is 23.2. The van der Waals surface area contributed by atoms with E-state index in [4.69, 9.17) is 19.3 Å². The molecule has 0 unspecified atom stereocenters. The monoisotopic (exact) mass is 456 g/mol. The standard InChI is InChI=1S/C23H24N2O8/c1-31-13-5-10-12(6-14(13)32-2)25-16(26)7-15(33-9-17(27)28)18-11-8-23(19(10)20(18)25)3-4-24(23)22(30)21(11)29/h5-6,11,15,18-20H,3-4,7-9H2,1-2H3,(H,27,28)/t11-,15-,18-,19-,20-,23-/m1/s1. The number of hydrogen-bond acceptors (Lipinski definition) is 7. The SMILES string of the molecule is COc1cc2c(cc1OC)N1C(=O)C[C@@H](OCC(=O)O)[C@@H]3[C@@H]1[C@@H]2[C@]12CCN1C(=O)C(=O)[C@@H]3C2. The number of ketones is 1. The maximum atomic E-state index is 13.4. The van der Waals surface area contributed by atoms with Crippen molar-refractivity contribution in [2.45, 2.75) is 42.9 Å². The molecule has 10 nitrogen and oxygen atoms in total. The second-order valence-corrected chi connectivity index (χ2v) is 9.51. The van der Waals surface area contributed by atoms with Gasteiger partial charge in [-0.3, -0.25) is 14.4 Å². The Hall–Kier alpha value is -3.14. The van der Waals surface area contributed by atoms with Gasteiger partial charge in [0.2, 0.25) is 11.7 Å². The molecule has 1 N–H and O–H groups in total. The number of hydrogen-bond donors (Lipinski definition) is 1. The topological polar surface area (TPSA) is 123 Å². The van der Waals surface area contributed by atoms with Crippen LogP contribution in [-0.2, 0) is 23.9 Å². The van der Waals surface area contributed by atoms with Crippen molar-refractivity contribution in [2.75, 3.05) is 32.3 Å². The van der Waals surface area contributed by atoms with Crippen molar-refractivity contribution in [2.24, 2.45) is 11.8 Å². The van der Waals surface area contributed by atoms with Gasteiger partial charge in [0, 0.05) is 30.4 Å². The van der Waals surface area contributed by atoms with Crippen LogP contribution in [0.1, 0.15) is 30.7 Å². The minimum absolute atomic E-state index is 0.0519. The summed E-state index contributed by atoms with van der Waals surface area (Å²) in [5.41, 5.74) is 1.04. The number of rotatable bonds is 5. The van der Waals surface area contributed by atoms with E-state index in [2.05, 4.69) is 0 Å². The van der Waals surface area contributed by atoms with Crippen molar-refractivity contribution < 1.29 is 38.5 Å². The lowest BCUT2D eigenvalue weighted by Gasteiger charge is -2.66. The van der Waals surface area contributed by atoms with Crippen molar-refractivity contribution in [3.8, 4) is 11.5 Å². The summed E-state index contributed by atoms with van der Waals surface area (Å²) in [6.07, 6.45) is 0.434. The molecule has 5 aliphatic rings. The Balaban J connectivity index is 1.55. The molecule has 174 valence electrons. The molecular formula is C23H24N2O8. The Kier molecular flexibility index (Phi) is 4.15. The Morgan fingerprint density at radius 2 is 1.91 bits per heavy atom. The van der Waals surface area contributed by atoms with Crippen LogP contribution in [0.4, 0.5) is 5.69 Å². The Labute approximate surface area is 189 Å². The number of nitrogens with zero attached hydrogens (tertiary/aromatic N) is 2. The van der Waals surface area contributed by atoms with Crippen LogP contribution in [0.15, 0.2) is 12.1 Å². The highest BCUT2D eigenvalue weighted by atomic mass is 16.5. The van der Waals surface area contributed by atoms with E-state index in [0.717, 1.165) is 12.0 Å². The number of benzene rings is 1. The van der Waals surface area contributed by atoms with Crippen LogP contribution >= 0.6 is 0 Å². The van der Waals surface area contributed by atoms with E-state index < -0.39 is 53.8 Å². The number of carbonyl (C=O) groups excluding carboxylic acids is 3. The Morgan fingerprint density at radius 3 is 2.55 bits per heavy atom. The van der Waals surface area contributed by atoms with Gasteiger partial charge >= 0.3 is 5.97 Å². The molecule has 2 bridgehead atoms. The molecule has 0 radical (unpaired) electrons. The van der Waals surface area contributed by atoms with Gasteiger partial charge in [-0.05, 0) is 24.5 Å². The third kappa shape index (κ3) is 2.41. The molecule has 1 aromatic rings. The fourth-order valence-corrected chi connectivity index (χ4v) is 7.16. The molecule has 1 aliphatic carbocycles. The Bertz CT molecular complexity index is 1120. The summed E-state index contributed by atoms with van der Waals surface area (Å²) in [6, 6.07) is 3.25. The minimum Gasteiger partial charge on any atom is -0.493 e. The third-order valence-electron chi connectivity index (χ3n) is 8.37. The summed E-state index contributed by atoms with van der Waals surface area (Å²) in [5.74, 6) is -2.56. The van der Waals surface area contributed by atoms with E-state index in [9.17, 15) is 19.2 Å². The zero-order valence-corrected chi connectivity index (χ0v) is 18.3. The van der Waals surface area contributed by atoms with Crippen LogP contribution in [0.25, 0.3) is 0 Å². The van der Waals surface area contributed by atoms with Gasteiger partial charge in [0.05, 0.1) is 44.0 Å². The minimum atomic E-state index is -1.14. The van der Waals surface area contributed by atoms with E-state index in [1.807, 2.05) is 6.07 Å². The molecule has 1 aromatic carbocycles. The number of aliphatic carboxylic acids is 1. The van der Waals surface area contributed by atoms with Gasteiger partial charge in [-0.2, -0.15) is 0 Å². The highest BCUT2D eigenvalue weighted by Gasteiger charge is 2.72. The van der Waals surface area contributed by atoms with Crippen molar-refractivity contribution in [1.29, 1.82) is 0 Å². The fraction of sp³-hybridized carbons (Fsp3) is 0.565. The molecule has 6 atom stereocenters. The van der Waals surface area contributed by atoms with Crippen LogP contribution in [-0.4, -0.2) is 78.6 Å². The normalized spacial score (nSPS) is 35.5. The van der Waals surface area contributed by atoms with E-state index in [1.54, 1.807) is 23.0 Å². The second kappa shape index (κ2) is 6.69. The number of methoxy groups -OCH3 is 2. The predicted molar refractivity (Wildman–Crippen MR) is 111 cm³/mol. The van der Waals surface area contributed by atoms with Crippen LogP contribution < -0.4 is 14.4 Å². The summed E-state index contributed by atoms with van der Waals surface area (Å²) >= 11 is 0. The molecule has 4 heterocycles. The molecule has 4 aliphatic heterocycles. The van der Waals surface area contributed by atoms with Crippen molar-refractivity contribution in [3.63, 3.8) is 0 Å². The number of amides is 2. The molecule has 4 fully saturated rings. The number of fused-ring (bicyclic) bond motifs is 5. The first kappa shape index (κ1) is 20.5. The van der Waals surface area contributed by atoms with Gasteiger partial charge in [0.15, 0.2) is 11.5 Å². The summed E-state index contributed by atoms with van der Waals surface area (Å²) in [7, 11) is 3.07. The Morgan fingerprint density at radius 1 is 1.18 bits per heavy atom. The number of piperidine rings is 2. The predicted octanol–water partition coefficient (Wildman–Crippen LogP) is 0.566. The first-order valence-corrected chi connectivity index (χ1v) is 11.1. The van der Waals surface area contributed by atoms with Gasteiger partial charge in [-0.1, -0.05) is 0 Å². The highest BCUT2D eigenvalue weighted by molar-refractivity contribution is 6.38. The number of ether oxygens (including phenoxy) is 3. The van der Waals surface area contributed by atoms with E-state index in [-0.39, 0.29) is 18.2 Å². The van der Waals surface area contributed by atoms with E-state index in [1.165, 1.54) is 7.11 Å². The number of anilines is 1. The molecule has 6 rings (SSSR count). The lowest BCUT2D eigenvalue weighted by atomic mass is 9.51. The average molecular weight is 456 g/mol. The van der Waals surface area contributed by atoms with Crippen molar-refractivity contribution in [1.82, 2.24) is 4.90 Å². The average Bonchev–Trinajstić information content (AvgIpc) is 3.12. The molecule has 2 amide bonds. The van der Waals surface area contributed by atoms with Gasteiger partial charge in [-0.15, -0.1) is 0 Å². The number of Topliss-reactive ketones (excluding diaryl/α,β-unsaturated/α-hetero) is 1. The number of carboxylic acid groups (broad SMARTS) is 1. The largest absolute Gasteiger partial charge is 0.493 e. The fourth-order valence-electron chi connectivity index (χ4n) is 7.16. The highest BCUT2D eigenvalue weighted by Crippen LogP contribution is 2.65. The van der Waals surface area contributed by atoms with Gasteiger partial charge in [0.1, 0.15) is 6.61 Å². The maximum Gasteiger partial charge on any atom is 0.329 e. The van der Waals surface area contributed by atoms with E-state index >= 15 is 0 Å². The lowest BCUT2D eigenvalue weighted by Crippen LogP contribution is -2.78. The molecule has 1 saturated carbocycles. The van der Waals surface area contributed by atoms with Gasteiger partial charge in [0.25, 0.3) is 5.91 Å². The van der Waals surface area contributed by atoms with E-state index in [0.29, 0.717) is 30.2 Å². The summed E-state index contributed by atoms with van der Waals surface area (Å²) in [6.45, 7) is -0.0484. The summed E-state index contributed by atoms with van der Waals surface area (Å²) in [5, 5.41) is 9.16.